The zero-order valence-corrected chi connectivity index (χ0v) is 11.5. The Morgan fingerprint density at radius 3 is 2.95 bits per heavy atom. The lowest BCUT2D eigenvalue weighted by Crippen LogP contribution is -2.18. The molecule has 19 heavy (non-hydrogen) atoms. The number of aromatic nitrogens is 1. The van der Waals surface area contributed by atoms with Crippen molar-refractivity contribution in [3.8, 4) is 11.8 Å². The van der Waals surface area contributed by atoms with E-state index in [-0.39, 0.29) is 12.2 Å². The zero-order valence-electron chi connectivity index (χ0n) is 10.7. The third-order valence-electron chi connectivity index (χ3n) is 2.59. The number of nitrogens with zero attached hydrogens (tertiary/aromatic N) is 1. The van der Waals surface area contributed by atoms with E-state index in [0.29, 0.717) is 13.0 Å². The number of pyridine rings is 1. The van der Waals surface area contributed by atoms with Crippen LogP contribution in [0.4, 0.5) is 0 Å². The van der Waals surface area contributed by atoms with Gasteiger partial charge in [0.05, 0.1) is 18.0 Å². The van der Waals surface area contributed by atoms with Gasteiger partial charge in [0.15, 0.2) is 0 Å². The summed E-state index contributed by atoms with van der Waals surface area (Å²) < 4.78 is 1.68. The van der Waals surface area contributed by atoms with Crippen LogP contribution in [0.2, 0.25) is 0 Å². The Morgan fingerprint density at radius 1 is 1.37 bits per heavy atom. The topological polar surface area (TPSA) is 42.2 Å². The minimum Gasteiger partial charge on any atom is -0.395 e. The molecule has 2 aromatic rings. The second kappa shape index (κ2) is 6.37. The van der Waals surface area contributed by atoms with Crippen LogP contribution < -0.4 is 5.56 Å². The van der Waals surface area contributed by atoms with Crippen LogP contribution in [0.1, 0.15) is 21.7 Å². The first-order valence-electron chi connectivity index (χ1n) is 6.04. The molecule has 2 heterocycles. The molecule has 0 unspecified atom stereocenters. The molecule has 1 N–H and O–H groups in total. The van der Waals surface area contributed by atoms with Gasteiger partial charge in [-0.15, -0.1) is 11.3 Å². The Balaban J connectivity index is 2.12. The summed E-state index contributed by atoms with van der Waals surface area (Å²) in [5, 5.41) is 8.66. The summed E-state index contributed by atoms with van der Waals surface area (Å²) >= 11 is 1.58. The number of hydrogen-bond acceptors (Lipinski definition) is 3. The normalized spacial score (nSPS) is 10.0. The minimum absolute atomic E-state index is 0.0151. The molecule has 0 aliphatic heterocycles. The third kappa shape index (κ3) is 3.82. The van der Waals surface area contributed by atoms with E-state index >= 15 is 0 Å². The van der Waals surface area contributed by atoms with Crippen molar-refractivity contribution in [2.75, 3.05) is 6.61 Å². The Hall–Kier alpha value is -1.83. The molecule has 0 spiro atoms. The standard InChI is InChI=1S/C15H15NO2S/c1-12-7-8-16(15(18)10-12)11-14-6-5-13(19-14)4-2-3-9-17/h5-8,10,17H,3,9,11H2,1H3. The number of aryl methyl sites for hydroxylation is 1. The lowest BCUT2D eigenvalue weighted by molar-refractivity contribution is 0.305. The highest BCUT2D eigenvalue weighted by Crippen LogP contribution is 2.16. The molecule has 4 heteroatoms. The quantitative estimate of drug-likeness (QED) is 0.869. The van der Waals surface area contributed by atoms with Gasteiger partial charge in [0.25, 0.3) is 5.56 Å². The lowest BCUT2D eigenvalue weighted by Gasteiger charge is -2.03. The van der Waals surface area contributed by atoms with Gasteiger partial charge in [0, 0.05) is 23.6 Å². The summed E-state index contributed by atoms with van der Waals surface area (Å²) in [5.74, 6) is 5.89. The van der Waals surface area contributed by atoms with E-state index in [0.717, 1.165) is 15.3 Å². The second-order valence-electron chi connectivity index (χ2n) is 4.21. The maximum absolute atomic E-state index is 11.8. The van der Waals surface area contributed by atoms with Gasteiger partial charge in [-0.05, 0) is 30.7 Å². The molecule has 0 saturated carbocycles. The Bertz CT molecular complexity index is 673. The number of aliphatic hydroxyl groups excluding tert-OH is 1. The third-order valence-corrected chi connectivity index (χ3v) is 3.57. The van der Waals surface area contributed by atoms with Gasteiger partial charge >= 0.3 is 0 Å². The van der Waals surface area contributed by atoms with Gasteiger partial charge in [-0.3, -0.25) is 4.79 Å². The molecule has 98 valence electrons. The predicted molar refractivity (Wildman–Crippen MR) is 77.4 cm³/mol. The maximum atomic E-state index is 11.8. The minimum atomic E-state index is 0.0151. The average Bonchev–Trinajstić information content (AvgIpc) is 2.81. The first kappa shape index (κ1) is 13.6. The van der Waals surface area contributed by atoms with Crippen molar-refractivity contribution < 1.29 is 5.11 Å². The van der Waals surface area contributed by atoms with Gasteiger partial charge in [0.1, 0.15) is 0 Å². The number of rotatable bonds is 3. The van der Waals surface area contributed by atoms with Gasteiger partial charge in [-0.25, -0.2) is 0 Å². The van der Waals surface area contributed by atoms with Gasteiger partial charge in [-0.2, -0.15) is 0 Å². The first-order valence-corrected chi connectivity index (χ1v) is 6.86. The van der Waals surface area contributed by atoms with Gasteiger partial charge in [-0.1, -0.05) is 11.8 Å². The molecule has 0 aromatic carbocycles. The fourth-order valence-electron chi connectivity index (χ4n) is 1.64. The SMILES string of the molecule is Cc1ccn(Cc2ccc(C#CCCO)s2)c(=O)c1. The van der Waals surface area contributed by atoms with Crippen LogP contribution in [-0.2, 0) is 6.54 Å². The Kier molecular flexibility index (Phi) is 4.56. The molecule has 0 atom stereocenters. The maximum Gasteiger partial charge on any atom is 0.251 e. The highest BCUT2D eigenvalue weighted by Gasteiger charge is 2.01. The summed E-state index contributed by atoms with van der Waals surface area (Å²) in [6.45, 7) is 2.57. The number of aliphatic hydroxyl groups is 1. The van der Waals surface area contributed by atoms with Crippen molar-refractivity contribution >= 4 is 11.3 Å². The average molecular weight is 273 g/mol. The zero-order chi connectivity index (χ0) is 13.7. The van der Waals surface area contributed by atoms with Crippen molar-refractivity contribution in [3.63, 3.8) is 0 Å². The molecule has 2 rings (SSSR count). The van der Waals surface area contributed by atoms with E-state index in [9.17, 15) is 4.79 Å². The first-order chi connectivity index (χ1) is 9.19. The van der Waals surface area contributed by atoms with E-state index in [1.165, 1.54) is 0 Å². The summed E-state index contributed by atoms with van der Waals surface area (Å²) in [4.78, 5) is 13.8. The van der Waals surface area contributed by atoms with Crippen LogP contribution in [0.5, 0.6) is 0 Å². The molecule has 0 radical (unpaired) electrons. The second-order valence-corrected chi connectivity index (χ2v) is 5.38. The van der Waals surface area contributed by atoms with Gasteiger partial charge < -0.3 is 9.67 Å². The highest BCUT2D eigenvalue weighted by molar-refractivity contribution is 7.12. The van der Waals surface area contributed by atoms with E-state index < -0.39 is 0 Å². The highest BCUT2D eigenvalue weighted by atomic mass is 32.1. The van der Waals surface area contributed by atoms with Crippen LogP contribution in [0.25, 0.3) is 0 Å². The fourth-order valence-corrected chi connectivity index (χ4v) is 2.52. The molecule has 0 fully saturated rings. The van der Waals surface area contributed by atoms with E-state index in [1.807, 2.05) is 31.3 Å². The summed E-state index contributed by atoms with van der Waals surface area (Å²) in [5.41, 5.74) is 0.990. The van der Waals surface area contributed by atoms with E-state index in [2.05, 4.69) is 11.8 Å². The van der Waals surface area contributed by atoms with Crippen molar-refractivity contribution in [1.82, 2.24) is 4.57 Å². The van der Waals surface area contributed by atoms with Crippen LogP contribution in [0, 0.1) is 18.8 Å². The van der Waals surface area contributed by atoms with Crippen molar-refractivity contribution in [1.29, 1.82) is 0 Å². The van der Waals surface area contributed by atoms with Gasteiger partial charge in [0.2, 0.25) is 0 Å². The Morgan fingerprint density at radius 2 is 2.21 bits per heavy atom. The smallest absolute Gasteiger partial charge is 0.251 e. The van der Waals surface area contributed by atoms with Crippen molar-refractivity contribution in [2.24, 2.45) is 0 Å². The number of hydrogen-bond donors (Lipinski definition) is 1. The molecule has 0 saturated heterocycles. The largest absolute Gasteiger partial charge is 0.395 e. The molecule has 0 aliphatic carbocycles. The Labute approximate surface area is 116 Å². The molecule has 0 amide bonds. The monoisotopic (exact) mass is 273 g/mol. The molecular formula is C15H15NO2S. The fraction of sp³-hybridized carbons (Fsp3) is 0.267. The van der Waals surface area contributed by atoms with Crippen LogP contribution >= 0.6 is 11.3 Å². The lowest BCUT2D eigenvalue weighted by atomic mass is 10.3. The van der Waals surface area contributed by atoms with Crippen LogP contribution in [-0.4, -0.2) is 16.3 Å². The van der Waals surface area contributed by atoms with Crippen LogP contribution in [0.3, 0.4) is 0 Å². The summed E-state index contributed by atoms with van der Waals surface area (Å²) in [6, 6.07) is 7.50. The van der Waals surface area contributed by atoms with E-state index in [1.54, 1.807) is 22.0 Å². The van der Waals surface area contributed by atoms with Crippen molar-refractivity contribution in [3.05, 3.63) is 56.1 Å². The molecular weight excluding hydrogens is 258 g/mol. The van der Waals surface area contributed by atoms with Crippen LogP contribution in [0.15, 0.2) is 35.3 Å². The molecule has 0 bridgehead atoms. The van der Waals surface area contributed by atoms with E-state index in [4.69, 9.17) is 5.11 Å². The predicted octanol–water partition coefficient (Wildman–Crippen LogP) is 2.00. The number of thiophene rings is 1. The molecule has 0 aliphatic rings. The molecule has 3 nitrogen and oxygen atoms in total. The molecule has 2 aromatic heterocycles. The van der Waals surface area contributed by atoms with Crippen molar-refractivity contribution in [2.45, 2.75) is 19.9 Å². The summed E-state index contributed by atoms with van der Waals surface area (Å²) in [6.07, 6.45) is 2.30. The summed E-state index contributed by atoms with van der Waals surface area (Å²) in [7, 11) is 0.